The van der Waals surface area contributed by atoms with Crippen LogP contribution in [0.4, 0.5) is 0 Å². The number of carbonyl (C=O) groups is 1. The van der Waals surface area contributed by atoms with Gasteiger partial charge in [-0.3, -0.25) is 18.6 Å². The van der Waals surface area contributed by atoms with E-state index in [2.05, 4.69) is 15.2 Å². The number of benzene rings is 1. The largest absolute Gasteiger partial charge is 0.340 e. The number of carbonyl (C=O) groups excluding carboxylic acids is 1. The van der Waals surface area contributed by atoms with Crippen LogP contribution >= 0.6 is 0 Å². The minimum Gasteiger partial charge on any atom is -0.340 e. The average molecular weight is 388 g/mol. The van der Waals surface area contributed by atoms with Crippen LogP contribution in [0.3, 0.4) is 0 Å². The second-order valence-electron chi connectivity index (χ2n) is 7.36. The van der Waals surface area contributed by atoms with Crippen molar-refractivity contribution >= 4 is 22.5 Å². The van der Waals surface area contributed by atoms with Gasteiger partial charge in [0.25, 0.3) is 5.56 Å². The van der Waals surface area contributed by atoms with E-state index in [-0.39, 0.29) is 23.9 Å². The number of piperidine rings is 1. The van der Waals surface area contributed by atoms with E-state index in [1.807, 2.05) is 39.8 Å². The van der Waals surface area contributed by atoms with Crippen LogP contribution in [-0.2, 0) is 11.3 Å². The molecule has 1 aromatic carbocycles. The van der Waals surface area contributed by atoms with Crippen LogP contribution in [0.1, 0.15) is 24.6 Å². The van der Waals surface area contributed by atoms with Gasteiger partial charge in [-0.25, -0.2) is 4.98 Å². The van der Waals surface area contributed by atoms with Crippen molar-refractivity contribution in [3.8, 4) is 0 Å². The van der Waals surface area contributed by atoms with E-state index in [1.54, 1.807) is 18.2 Å². The van der Waals surface area contributed by atoms with E-state index in [4.69, 9.17) is 0 Å². The van der Waals surface area contributed by atoms with Gasteiger partial charge in [0.05, 0.1) is 17.2 Å². The molecule has 0 N–H and O–H groups in total. The molecule has 1 amide bonds. The Labute approximate surface area is 166 Å². The summed E-state index contributed by atoms with van der Waals surface area (Å²) in [7, 11) is 0. The van der Waals surface area contributed by atoms with Gasteiger partial charge < -0.3 is 4.90 Å². The number of hydrogen-bond acceptors (Lipinski definition) is 5. The van der Waals surface area contributed by atoms with E-state index in [0.29, 0.717) is 24.0 Å². The van der Waals surface area contributed by atoms with Gasteiger partial charge in [-0.05, 0) is 37.1 Å². The fourth-order valence-corrected chi connectivity index (χ4v) is 4.02. The molecule has 1 atom stereocenters. The molecule has 29 heavy (non-hydrogen) atoms. The van der Waals surface area contributed by atoms with E-state index in [9.17, 15) is 9.59 Å². The van der Waals surface area contributed by atoms with E-state index < -0.39 is 0 Å². The standard InChI is InChI=1S/C21H20N6O2/c28-19(13-26-14-22-17-8-2-1-7-16(17)21(26)29)25-10-5-6-15(12-25)20-24-23-18-9-3-4-11-27(18)20/h1-4,7-9,11,14-15H,5-6,10,12-13H2. The lowest BCUT2D eigenvalue weighted by atomic mass is 9.97. The Morgan fingerprint density at radius 2 is 1.97 bits per heavy atom. The molecule has 0 spiro atoms. The van der Waals surface area contributed by atoms with Crippen LogP contribution in [0.25, 0.3) is 16.6 Å². The fourth-order valence-electron chi connectivity index (χ4n) is 4.02. The maximum atomic E-state index is 12.9. The number of pyridine rings is 1. The second-order valence-corrected chi connectivity index (χ2v) is 7.36. The molecule has 1 aliphatic heterocycles. The molecule has 8 nitrogen and oxygen atoms in total. The number of likely N-dealkylation sites (tertiary alicyclic amines) is 1. The van der Waals surface area contributed by atoms with Gasteiger partial charge in [-0.2, -0.15) is 0 Å². The lowest BCUT2D eigenvalue weighted by molar-refractivity contribution is -0.133. The van der Waals surface area contributed by atoms with Crippen molar-refractivity contribution in [3.63, 3.8) is 0 Å². The predicted octanol–water partition coefficient (Wildman–Crippen LogP) is 1.85. The lowest BCUT2D eigenvalue weighted by Gasteiger charge is -2.32. The van der Waals surface area contributed by atoms with Crippen LogP contribution in [0, 0.1) is 0 Å². The van der Waals surface area contributed by atoms with Crippen molar-refractivity contribution < 1.29 is 4.79 Å². The van der Waals surface area contributed by atoms with Crippen molar-refractivity contribution in [3.05, 3.63) is 71.2 Å². The highest BCUT2D eigenvalue weighted by Gasteiger charge is 2.28. The third-order valence-electron chi connectivity index (χ3n) is 5.52. The molecule has 3 aromatic heterocycles. The first kappa shape index (κ1) is 17.5. The van der Waals surface area contributed by atoms with Gasteiger partial charge in [0.1, 0.15) is 12.4 Å². The molecule has 0 aliphatic carbocycles. The Morgan fingerprint density at radius 3 is 2.90 bits per heavy atom. The van der Waals surface area contributed by atoms with Crippen molar-refractivity contribution in [2.24, 2.45) is 0 Å². The number of nitrogens with zero attached hydrogens (tertiary/aromatic N) is 6. The van der Waals surface area contributed by atoms with Crippen LogP contribution in [0.5, 0.6) is 0 Å². The number of rotatable bonds is 3. The van der Waals surface area contributed by atoms with Gasteiger partial charge >= 0.3 is 0 Å². The zero-order chi connectivity index (χ0) is 19.8. The zero-order valence-corrected chi connectivity index (χ0v) is 15.8. The average Bonchev–Trinajstić information content (AvgIpc) is 3.20. The molecule has 5 rings (SSSR count). The Bertz CT molecular complexity index is 1260. The van der Waals surface area contributed by atoms with Gasteiger partial charge in [-0.1, -0.05) is 18.2 Å². The molecular weight excluding hydrogens is 368 g/mol. The molecule has 8 heteroatoms. The van der Waals surface area contributed by atoms with Crippen molar-refractivity contribution in [2.45, 2.75) is 25.3 Å². The molecule has 0 saturated carbocycles. The highest BCUT2D eigenvalue weighted by molar-refractivity contribution is 5.79. The quantitative estimate of drug-likeness (QED) is 0.535. The Balaban J connectivity index is 1.36. The normalized spacial score (nSPS) is 17.1. The van der Waals surface area contributed by atoms with Crippen LogP contribution in [0.2, 0.25) is 0 Å². The topological polar surface area (TPSA) is 85.4 Å². The van der Waals surface area contributed by atoms with Crippen LogP contribution in [0.15, 0.2) is 59.8 Å². The molecule has 1 unspecified atom stereocenters. The molecule has 1 saturated heterocycles. The minimum absolute atomic E-state index is 0.00995. The monoisotopic (exact) mass is 388 g/mol. The summed E-state index contributed by atoms with van der Waals surface area (Å²) in [6.45, 7) is 1.25. The summed E-state index contributed by atoms with van der Waals surface area (Å²) >= 11 is 0. The summed E-state index contributed by atoms with van der Waals surface area (Å²) in [4.78, 5) is 31.7. The van der Waals surface area contributed by atoms with Crippen molar-refractivity contribution in [2.75, 3.05) is 13.1 Å². The molecule has 146 valence electrons. The van der Waals surface area contributed by atoms with E-state index in [1.165, 1.54) is 10.9 Å². The van der Waals surface area contributed by atoms with Crippen LogP contribution < -0.4 is 5.56 Å². The number of fused-ring (bicyclic) bond motifs is 2. The fraction of sp³-hybridized carbons (Fsp3) is 0.286. The zero-order valence-electron chi connectivity index (χ0n) is 15.8. The highest BCUT2D eigenvalue weighted by Crippen LogP contribution is 2.26. The second kappa shape index (κ2) is 7.12. The first-order valence-electron chi connectivity index (χ1n) is 9.72. The molecule has 4 aromatic rings. The third-order valence-corrected chi connectivity index (χ3v) is 5.52. The molecule has 1 aliphatic rings. The summed E-state index contributed by atoms with van der Waals surface area (Å²) in [5.74, 6) is 0.918. The molecular formula is C21H20N6O2. The SMILES string of the molecule is O=C(Cn1cnc2ccccc2c1=O)N1CCCC(c2nnc3ccccn23)C1. The van der Waals surface area contributed by atoms with Crippen molar-refractivity contribution in [1.29, 1.82) is 0 Å². The highest BCUT2D eigenvalue weighted by atomic mass is 16.2. The van der Waals surface area contributed by atoms with Crippen LogP contribution in [-0.4, -0.2) is 48.0 Å². The minimum atomic E-state index is -0.194. The molecule has 1 fully saturated rings. The molecule has 4 heterocycles. The maximum absolute atomic E-state index is 12.9. The van der Waals surface area contributed by atoms with E-state index >= 15 is 0 Å². The van der Waals surface area contributed by atoms with E-state index in [0.717, 1.165) is 24.3 Å². The number of amides is 1. The first-order valence-corrected chi connectivity index (χ1v) is 9.72. The number of para-hydroxylation sites is 1. The third kappa shape index (κ3) is 3.16. The van der Waals surface area contributed by atoms with Gasteiger partial charge in [0, 0.05) is 25.2 Å². The number of hydrogen-bond donors (Lipinski definition) is 0. The van der Waals surface area contributed by atoms with Gasteiger partial charge in [0.15, 0.2) is 5.65 Å². The summed E-state index contributed by atoms with van der Waals surface area (Å²) in [6.07, 6.45) is 5.25. The molecule has 0 radical (unpaired) electrons. The molecule has 0 bridgehead atoms. The maximum Gasteiger partial charge on any atom is 0.261 e. The Kier molecular flexibility index (Phi) is 4.31. The Hall–Kier alpha value is -3.55. The number of aromatic nitrogens is 5. The van der Waals surface area contributed by atoms with Gasteiger partial charge in [-0.15, -0.1) is 10.2 Å². The Morgan fingerprint density at radius 1 is 1.10 bits per heavy atom. The predicted molar refractivity (Wildman–Crippen MR) is 108 cm³/mol. The lowest BCUT2D eigenvalue weighted by Crippen LogP contribution is -2.42. The summed E-state index contributed by atoms with van der Waals surface area (Å²) in [6, 6.07) is 13.0. The summed E-state index contributed by atoms with van der Waals surface area (Å²) in [5, 5.41) is 9.11. The van der Waals surface area contributed by atoms with Crippen molar-refractivity contribution in [1.82, 2.24) is 29.0 Å². The first-order chi connectivity index (χ1) is 14.2. The summed E-state index contributed by atoms with van der Waals surface area (Å²) < 4.78 is 3.37. The summed E-state index contributed by atoms with van der Waals surface area (Å²) in [5.41, 5.74) is 1.25. The smallest absolute Gasteiger partial charge is 0.261 e. The van der Waals surface area contributed by atoms with Gasteiger partial charge in [0.2, 0.25) is 5.91 Å².